The van der Waals surface area contributed by atoms with Crippen LogP contribution in [-0.4, -0.2) is 19.5 Å². The standard InChI is InChI=1S/C51H33N5O/c1-4-15-35(16-5-1)49-52-50(54-51(53-49)56-44-24-12-10-21-40(44)41-22-11-13-25-45(41)56)43-23-14-26-46-48(43)42-32-29-36(33-47(42)57-46)34-27-30-39(31-28-34)55(37-17-6-2-7-18-37)38-19-8-3-9-20-38/h1-33H. The summed E-state index contributed by atoms with van der Waals surface area (Å²) in [5.41, 5.74) is 10.9. The fourth-order valence-corrected chi connectivity index (χ4v) is 8.04. The summed E-state index contributed by atoms with van der Waals surface area (Å²) in [5.74, 6) is 1.74. The number of benzene rings is 8. The number of anilines is 3. The van der Waals surface area contributed by atoms with Crippen molar-refractivity contribution in [1.29, 1.82) is 0 Å². The van der Waals surface area contributed by atoms with E-state index >= 15 is 0 Å². The molecule has 11 aromatic rings. The Balaban J connectivity index is 1.03. The Hall–Kier alpha value is -7.83. The lowest BCUT2D eigenvalue weighted by molar-refractivity contribution is 0.669. The van der Waals surface area contributed by atoms with Gasteiger partial charge in [0.25, 0.3) is 0 Å². The SMILES string of the molecule is c1ccc(-c2nc(-c3cccc4oc5cc(-c6ccc(N(c7ccccc7)c7ccccc7)cc6)ccc5c34)nc(-n3c4ccccc4c4ccccc43)n2)cc1. The summed E-state index contributed by atoms with van der Waals surface area (Å²) in [6, 6.07) is 69.1. The van der Waals surface area contributed by atoms with Crippen molar-refractivity contribution in [2.75, 3.05) is 4.90 Å². The normalized spacial score (nSPS) is 11.5. The quantitative estimate of drug-likeness (QED) is 0.163. The van der Waals surface area contributed by atoms with Gasteiger partial charge in [-0.1, -0.05) is 133 Å². The van der Waals surface area contributed by atoms with E-state index in [-0.39, 0.29) is 0 Å². The number of hydrogen-bond acceptors (Lipinski definition) is 5. The average Bonchev–Trinajstić information content (AvgIpc) is 3.83. The van der Waals surface area contributed by atoms with Gasteiger partial charge < -0.3 is 9.32 Å². The molecule has 0 atom stereocenters. The highest BCUT2D eigenvalue weighted by Gasteiger charge is 2.21. The molecule has 268 valence electrons. The fourth-order valence-electron chi connectivity index (χ4n) is 8.04. The monoisotopic (exact) mass is 731 g/mol. The highest BCUT2D eigenvalue weighted by molar-refractivity contribution is 6.13. The predicted octanol–water partition coefficient (Wildman–Crippen LogP) is 13.3. The largest absolute Gasteiger partial charge is 0.456 e. The van der Waals surface area contributed by atoms with Crippen LogP contribution in [0.5, 0.6) is 0 Å². The molecule has 0 aliphatic heterocycles. The average molecular weight is 732 g/mol. The minimum Gasteiger partial charge on any atom is -0.456 e. The first kappa shape index (κ1) is 32.6. The topological polar surface area (TPSA) is 60.0 Å². The molecule has 0 unspecified atom stereocenters. The molecule has 0 amide bonds. The summed E-state index contributed by atoms with van der Waals surface area (Å²) in [6.45, 7) is 0. The van der Waals surface area contributed by atoms with Gasteiger partial charge in [-0.25, -0.2) is 4.98 Å². The summed E-state index contributed by atoms with van der Waals surface area (Å²) in [4.78, 5) is 17.7. The Bertz CT molecular complexity index is 3130. The molecule has 0 aliphatic carbocycles. The van der Waals surface area contributed by atoms with E-state index in [0.717, 1.165) is 83.1 Å². The molecule has 0 fully saturated rings. The molecule has 57 heavy (non-hydrogen) atoms. The van der Waals surface area contributed by atoms with E-state index in [1.165, 1.54) is 0 Å². The van der Waals surface area contributed by atoms with Crippen molar-refractivity contribution in [3.8, 4) is 39.9 Å². The number of furan rings is 1. The summed E-state index contributed by atoms with van der Waals surface area (Å²) >= 11 is 0. The van der Waals surface area contributed by atoms with Crippen LogP contribution < -0.4 is 4.90 Å². The number of nitrogens with zero attached hydrogens (tertiary/aromatic N) is 5. The van der Waals surface area contributed by atoms with Gasteiger partial charge in [0.1, 0.15) is 11.2 Å². The van der Waals surface area contributed by atoms with Crippen LogP contribution in [0.4, 0.5) is 17.1 Å². The molecule has 6 heteroatoms. The van der Waals surface area contributed by atoms with E-state index in [4.69, 9.17) is 19.4 Å². The van der Waals surface area contributed by atoms with Crippen LogP contribution in [0.2, 0.25) is 0 Å². The molecule has 8 aromatic carbocycles. The minimum absolute atomic E-state index is 0.560. The first-order chi connectivity index (χ1) is 28.3. The van der Waals surface area contributed by atoms with E-state index in [9.17, 15) is 0 Å². The van der Waals surface area contributed by atoms with Gasteiger partial charge in [-0.2, -0.15) is 9.97 Å². The maximum Gasteiger partial charge on any atom is 0.238 e. The van der Waals surface area contributed by atoms with Crippen molar-refractivity contribution in [3.63, 3.8) is 0 Å². The lowest BCUT2D eigenvalue weighted by Crippen LogP contribution is -2.09. The number of aromatic nitrogens is 4. The predicted molar refractivity (Wildman–Crippen MR) is 232 cm³/mol. The highest BCUT2D eigenvalue weighted by atomic mass is 16.3. The third kappa shape index (κ3) is 5.62. The van der Waals surface area contributed by atoms with E-state index in [2.05, 4.69) is 155 Å². The molecule has 11 rings (SSSR count). The van der Waals surface area contributed by atoms with Crippen LogP contribution in [0.25, 0.3) is 83.6 Å². The zero-order valence-electron chi connectivity index (χ0n) is 30.7. The zero-order valence-corrected chi connectivity index (χ0v) is 30.7. The lowest BCUT2D eigenvalue weighted by Gasteiger charge is -2.25. The molecule has 0 bridgehead atoms. The highest BCUT2D eigenvalue weighted by Crippen LogP contribution is 2.40. The number of fused-ring (bicyclic) bond motifs is 6. The second-order valence-electron chi connectivity index (χ2n) is 14.1. The van der Waals surface area contributed by atoms with Crippen molar-refractivity contribution >= 4 is 60.8 Å². The Morgan fingerprint density at radius 2 is 0.947 bits per heavy atom. The fraction of sp³-hybridized carbons (Fsp3) is 0. The van der Waals surface area contributed by atoms with Crippen LogP contribution in [-0.2, 0) is 0 Å². The van der Waals surface area contributed by atoms with Crippen molar-refractivity contribution in [2.24, 2.45) is 0 Å². The maximum atomic E-state index is 6.60. The molecule has 0 saturated heterocycles. The Morgan fingerprint density at radius 3 is 1.61 bits per heavy atom. The number of hydrogen-bond donors (Lipinski definition) is 0. The van der Waals surface area contributed by atoms with Crippen molar-refractivity contribution in [3.05, 3.63) is 200 Å². The Labute approximate surface area is 328 Å². The summed E-state index contributed by atoms with van der Waals surface area (Å²) in [7, 11) is 0. The van der Waals surface area contributed by atoms with Gasteiger partial charge in [-0.15, -0.1) is 0 Å². The van der Waals surface area contributed by atoms with Crippen molar-refractivity contribution < 1.29 is 4.42 Å². The van der Waals surface area contributed by atoms with Gasteiger partial charge in [-0.3, -0.25) is 4.57 Å². The minimum atomic E-state index is 0.560. The van der Waals surface area contributed by atoms with E-state index in [1.807, 2.05) is 54.6 Å². The van der Waals surface area contributed by atoms with Crippen molar-refractivity contribution in [2.45, 2.75) is 0 Å². The molecular weight excluding hydrogens is 699 g/mol. The third-order valence-electron chi connectivity index (χ3n) is 10.7. The van der Waals surface area contributed by atoms with Crippen LogP contribution in [0.1, 0.15) is 0 Å². The van der Waals surface area contributed by atoms with E-state index in [0.29, 0.717) is 17.6 Å². The Kier molecular flexibility index (Phi) is 7.71. The molecule has 3 heterocycles. The number of rotatable bonds is 7. The van der Waals surface area contributed by atoms with Gasteiger partial charge in [-0.05, 0) is 77.9 Å². The van der Waals surface area contributed by atoms with Gasteiger partial charge >= 0.3 is 0 Å². The zero-order chi connectivity index (χ0) is 37.7. The van der Waals surface area contributed by atoms with Crippen LogP contribution in [0, 0.1) is 0 Å². The van der Waals surface area contributed by atoms with Gasteiger partial charge in [0.2, 0.25) is 5.95 Å². The second-order valence-corrected chi connectivity index (χ2v) is 14.1. The van der Waals surface area contributed by atoms with Gasteiger partial charge in [0.15, 0.2) is 11.6 Å². The van der Waals surface area contributed by atoms with E-state index < -0.39 is 0 Å². The van der Waals surface area contributed by atoms with Gasteiger partial charge in [0.05, 0.1) is 11.0 Å². The molecule has 6 nitrogen and oxygen atoms in total. The second kappa shape index (κ2) is 13.5. The first-order valence-electron chi connectivity index (χ1n) is 19.0. The molecule has 0 aliphatic rings. The van der Waals surface area contributed by atoms with E-state index in [1.54, 1.807) is 0 Å². The molecule has 0 N–H and O–H groups in total. The molecule has 0 radical (unpaired) electrons. The molecular formula is C51H33N5O. The van der Waals surface area contributed by atoms with Gasteiger partial charge in [0, 0.05) is 49.7 Å². The Morgan fingerprint density at radius 1 is 0.386 bits per heavy atom. The number of para-hydroxylation sites is 4. The lowest BCUT2D eigenvalue weighted by atomic mass is 10.0. The van der Waals surface area contributed by atoms with Crippen molar-refractivity contribution in [1.82, 2.24) is 19.5 Å². The first-order valence-corrected chi connectivity index (χ1v) is 19.0. The maximum absolute atomic E-state index is 6.60. The van der Waals surface area contributed by atoms with Crippen LogP contribution >= 0.6 is 0 Å². The summed E-state index contributed by atoms with van der Waals surface area (Å²) in [5, 5.41) is 4.26. The molecule has 0 spiro atoms. The molecule has 3 aromatic heterocycles. The van der Waals surface area contributed by atoms with Crippen LogP contribution in [0.15, 0.2) is 205 Å². The summed E-state index contributed by atoms with van der Waals surface area (Å²) < 4.78 is 8.75. The smallest absolute Gasteiger partial charge is 0.238 e. The third-order valence-corrected chi connectivity index (χ3v) is 10.7. The summed E-state index contributed by atoms with van der Waals surface area (Å²) in [6.07, 6.45) is 0. The van der Waals surface area contributed by atoms with Crippen LogP contribution in [0.3, 0.4) is 0 Å². The molecule has 0 saturated carbocycles.